The number of pyridine rings is 1. The van der Waals surface area contributed by atoms with Crippen molar-refractivity contribution >= 4 is 17.8 Å². The Hall–Kier alpha value is -2.93. The van der Waals surface area contributed by atoms with Gasteiger partial charge in [0.05, 0.1) is 6.61 Å². The van der Waals surface area contributed by atoms with E-state index in [1.807, 2.05) is 30.3 Å². The van der Waals surface area contributed by atoms with E-state index in [9.17, 15) is 4.79 Å². The number of hydrogen-bond donors (Lipinski definition) is 3. The number of ether oxygens (including phenoxy) is 1. The van der Waals surface area contributed by atoms with Crippen LogP contribution in [0, 0.1) is 0 Å². The fraction of sp³-hybridized carbons (Fsp3) is 0.188. The molecule has 2 rings (SSSR count). The van der Waals surface area contributed by atoms with Crippen LogP contribution in [0.1, 0.15) is 12.5 Å². The number of hydrogen-bond acceptors (Lipinski definition) is 4. The lowest BCUT2D eigenvalue weighted by Gasteiger charge is -2.15. The summed E-state index contributed by atoms with van der Waals surface area (Å²) in [6.07, 6.45) is 1.11. The van der Waals surface area contributed by atoms with Gasteiger partial charge in [-0.05, 0) is 24.6 Å². The van der Waals surface area contributed by atoms with E-state index in [4.69, 9.17) is 10.5 Å². The van der Waals surface area contributed by atoms with Crippen LogP contribution in [0.25, 0.3) is 0 Å². The number of nitrogens with two attached hydrogens (primary N) is 1. The van der Waals surface area contributed by atoms with Gasteiger partial charge in [0.2, 0.25) is 5.96 Å². The molecule has 7 nitrogen and oxygen atoms in total. The number of rotatable bonds is 5. The standard InChI is InChI=1S/C16H19N5O2/c1-12(23-11-13-7-3-2-4-8-13)19-16(22)21-15(17)20-14-9-5-6-10-18-14/h2-10,12H,11H2,1H3,(H4,17,18,19,20,21,22). The molecule has 2 amide bonds. The SMILES string of the molecule is CC(NC(=O)NC(N)=Nc1ccccn1)OCc1ccccc1. The maximum absolute atomic E-state index is 11.8. The van der Waals surface area contributed by atoms with E-state index in [0.717, 1.165) is 5.56 Å². The Balaban J connectivity index is 1.76. The number of aromatic nitrogens is 1. The van der Waals surface area contributed by atoms with Crippen molar-refractivity contribution in [2.24, 2.45) is 10.7 Å². The highest BCUT2D eigenvalue weighted by Gasteiger charge is 2.08. The molecular formula is C16H19N5O2. The second kappa shape index (κ2) is 8.50. The zero-order valence-corrected chi connectivity index (χ0v) is 12.8. The molecule has 0 spiro atoms. The Morgan fingerprint density at radius 1 is 1.26 bits per heavy atom. The summed E-state index contributed by atoms with van der Waals surface area (Å²) in [7, 11) is 0. The molecule has 1 atom stereocenters. The molecule has 2 aromatic rings. The van der Waals surface area contributed by atoms with E-state index in [1.54, 1.807) is 31.3 Å². The molecule has 0 bridgehead atoms. The first-order chi connectivity index (χ1) is 11.1. The third kappa shape index (κ3) is 6.15. The summed E-state index contributed by atoms with van der Waals surface area (Å²) in [5.41, 5.74) is 6.67. The maximum Gasteiger partial charge on any atom is 0.323 e. The fourth-order valence-corrected chi connectivity index (χ4v) is 1.75. The smallest absolute Gasteiger partial charge is 0.323 e. The van der Waals surface area contributed by atoms with E-state index >= 15 is 0 Å². The van der Waals surface area contributed by atoms with Gasteiger partial charge in [0.25, 0.3) is 0 Å². The molecule has 0 saturated heterocycles. The van der Waals surface area contributed by atoms with Crippen molar-refractivity contribution in [1.29, 1.82) is 0 Å². The minimum absolute atomic E-state index is 0.0449. The van der Waals surface area contributed by atoms with E-state index in [2.05, 4.69) is 20.6 Å². The van der Waals surface area contributed by atoms with Gasteiger partial charge in [-0.15, -0.1) is 0 Å². The maximum atomic E-state index is 11.8. The monoisotopic (exact) mass is 313 g/mol. The molecule has 0 saturated carbocycles. The Morgan fingerprint density at radius 2 is 2.00 bits per heavy atom. The predicted octanol–water partition coefficient (Wildman–Crippen LogP) is 1.89. The first-order valence-electron chi connectivity index (χ1n) is 7.12. The van der Waals surface area contributed by atoms with Gasteiger partial charge in [0, 0.05) is 6.20 Å². The van der Waals surface area contributed by atoms with Crippen LogP contribution in [-0.2, 0) is 11.3 Å². The molecule has 7 heteroatoms. The van der Waals surface area contributed by atoms with Crippen molar-refractivity contribution in [1.82, 2.24) is 15.6 Å². The second-order valence-electron chi connectivity index (χ2n) is 4.72. The number of nitrogens with zero attached hydrogens (tertiary/aromatic N) is 2. The quantitative estimate of drug-likeness (QED) is 0.445. The molecule has 0 fully saturated rings. The summed E-state index contributed by atoms with van der Waals surface area (Å²) in [5, 5.41) is 5.03. The molecule has 1 aromatic heterocycles. The van der Waals surface area contributed by atoms with Gasteiger partial charge in [0.1, 0.15) is 6.23 Å². The van der Waals surface area contributed by atoms with Crippen LogP contribution < -0.4 is 16.4 Å². The zero-order chi connectivity index (χ0) is 16.5. The van der Waals surface area contributed by atoms with Crippen molar-refractivity contribution in [3.05, 3.63) is 60.3 Å². The first kappa shape index (κ1) is 16.4. The molecule has 0 radical (unpaired) electrons. The van der Waals surface area contributed by atoms with Crippen molar-refractivity contribution in [2.45, 2.75) is 19.8 Å². The molecule has 0 aliphatic rings. The van der Waals surface area contributed by atoms with Gasteiger partial charge in [0.15, 0.2) is 5.82 Å². The molecule has 23 heavy (non-hydrogen) atoms. The van der Waals surface area contributed by atoms with Crippen LogP contribution >= 0.6 is 0 Å². The van der Waals surface area contributed by atoms with Crippen molar-refractivity contribution in [3.8, 4) is 0 Å². The Morgan fingerprint density at radius 3 is 2.70 bits per heavy atom. The lowest BCUT2D eigenvalue weighted by atomic mass is 10.2. The number of carbonyl (C=O) groups is 1. The van der Waals surface area contributed by atoms with E-state index in [0.29, 0.717) is 12.4 Å². The summed E-state index contributed by atoms with van der Waals surface area (Å²) in [6, 6.07) is 14.4. The molecule has 1 unspecified atom stereocenters. The minimum atomic E-state index is -0.497. The van der Waals surface area contributed by atoms with Gasteiger partial charge in [-0.3, -0.25) is 5.32 Å². The van der Waals surface area contributed by atoms with Crippen molar-refractivity contribution in [2.75, 3.05) is 0 Å². The summed E-state index contributed by atoms with van der Waals surface area (Å²) >= 11 is 0. The number of amides is 2. The molecule has 0 aliphatic carbocycles. The van der Waals surface area contributed by atoms with E-state index in [1.165, 1.54) is 0 Å². The molecule has 0 aliphatic heterocycles. The Labute approximate surface area is 134 Å². The van der Waals surface area contributed by atoms with Gasteiger partial charge in [-0.25, -0.2) is 9.78 Å². The number of carbonyl (C=O) groups excluding carboxylic acids is 1. The highest BCUT2D eigenvalue weighted by Crippen LogP contribution is 2.04. The highest BCUT2D eigenvalue weighted by molar-refractivity contribution is 5.96. The topological polar surface area (TPSA) is 102 Å². The lowest BCUT2D eigenvalue weighted by Crippen LogP contribution is -2.46. The van der Waals surface area contributed by atoms with Gasteiger partial charge < -0.3 is 15.8 Å². The second-order valence-corrected chi connectivity index (χ2v) is 4.72. The lowest BCUT2D eigenvalue weighted by molar-refractivity contribution is 0.0381. The summed E-state index contributed by atoms with van der Waals surface area (Å²) in [6.45, 7) is 2.13. The average Bonchev–Trinajstić information content (AvgIpc) is 2.54. The number of urea groups is 1. The van der Waals surface area contributed by atoms with Crippen molar-refractivity contribution < 1.29 is 9.53 Å². The number of nitrogens with one attached hydrogen (secondary N) is 2. The molecule has 1 aromatic carbocycles. The van der Waals surface area contributed by atoms with Gasteiger partial charge >= 0.3 is 6.03 Å². The summed E-state index contributed by atoms with van der Waals surface area (Å²) < 4.78 is 5.53. The minimum Gasteiger partial charge on any atom is -0.369 e. The largest absolute Gasteiger partial charge is 0.369 e. The summed E-state index contributed by atoms with van der Waals surface area (Å²) in [4.78, 5) is 19.7. The van der Waals surface area contributed by atoms with Crippen LogP contribution in [0.5, 0.6) is 0 Å². The van der Waals surface area contributed by atoms with Gasteiger partial charge in [-0.1, -0.05) is 36.4 Å². The summed E-state index contributed by atoms with van der Waals surface area (Å²) in [5.74, 6) is 0.370. The molecule has 4 N–H and O–H groups in total. The third-order valence-electron chi connectivity index (χ3n) is 2.80. The highest BCUT2D eigenvalue weighted by atomic mass is 16.5. The predicted molar refractivity (Wildman–Crippen MR) is 87.9 cm³/mol. The third-order valence-corrected chi connectivity index (χ3v) is 2.80. The Bertz CT molecular complexity index is 646. The molecular weight excluding hydrogens is 294 g/mol. The molecule has 120 valence electrons. The number of aliphatic imine (C=N–C) groups is 1. The first-order valence-corrected chi connectivity index (χ1v) is 7.12. The van der Waals surface area contributed by atoms with Crippen LogP contribution in [0.4, 0.5) is 10.6 Å². The van der Waals surface area contributed by atoms with E-state index < -0.39 is 12.3 Å². The Kier molecular flexibility index (Phi) is 6.07. The number of guanidine groups is 1. The van der Waals surface area contributed by atoms with Crippen molar-refractivity contribution in [3.63, 3.8) is 0 Å². The van der Waals surface area contributed by atoms with E-state index in [-0.39, 0.29) is 5.96 Å². The van der Waals surface area contributed by atoms with Crippen LogP contribution in [-0.4, -0.2) is 23.2 Å². The average molecular weight is 313 g/mol. The van der Waals surface area contributed by atoms with Crippen LogP contribution in [0.15, 0.2) is 59.7 Å². The number of benzene rings is 1. The van der Waals surface area contributed by atoms with Crippen LogP contribution in [0.2, 0.25) is 0 Å². The normalized spacial score (nSPS) is 12.5. The van der Waals surface area contributed by atoms with Gasteiger partial charge in [-0.2, -0.15) is 4.99 Å². The molecule has 1 heterocycles. The fourth-order valence-electron chi connectivity index (χ4n) is 1.75. The zero-order valence-electron chi connectivity index (χ0n) is 12.8. The van der Waals surface area contributed by atoms with Crippen LogP contribution in [0.3, 0.4) is 0 Å².